The van der Waals surface area contributed by atoms with E-state index >= 15 is 0 Å². The molecule has 162 valence electrons. The predicted molar refractivity (Wildman–Crippen MR) is 113 cm³/mol. The molecule has 1 aromatic rings. The van der Waals surface area contributed by atoms with Gasteiger partial charge in [0, 0.05) is 7.11 Å². The van der Waals surface area contributed by atoms with Crippen LogP contribution in [0, 0.1) is 0 Å². The minimum absolute atomic E-state index is 0.253. The molecule has 1 aliphatic rings. The summed E-state index contributed by atoms with van der Waals surface area (Å²) in [5, 5.41) is 2.77. The van der Waals surface area contributed by atoms with Gasteiger partial charge in [-0.2, -0.15) is 0 Å². The Bertz CT molecular complexity index is 667. The van der Waals surface area contributed by atoms with E-state index in [4.69, 9.17) is 23.5 Å². The first-order chi connectivity index (χ1) is 13.3. The van der Waals surface area contributed by atoms with Crippen LogP contribution < -0.4 is 15.5 Å². The third-order valence-electron chi connectivity index (χ3n) is 4.95. The van der Waals surface area contributed by atoms with E-state index in [-0.39, 0.29) is 23.9 Å². The van der Waals surface area contributed by atoms with Crippen molar-refractivity contribution in [2.24, 2.45) is 0 Å². The van der Waals surface area contributed by atoms with Gasteiger partial charge in [-0.05, 0) is 66.1 Å². The van der Waals surface area contributed by atoms with Crippen LogP contribution in [0.2, 0.25) is 0 Å². The number of hydrogen-bond acceptors (Lipinski definition) is 6. The Hall–Kier alpha value is -1.77. The highest BCUT2D eigenvalue weighted by Gasteiger charge is 2.51. The summed E-state index contributed by atoms with van der Waals surface area (Å²) >= 11 is 0. The molecule has 1 heterocycles. The highest BCUT2D eigenvalue weighted by molar-refractivity contribution is 6.62. The minimum Gasteiger partial charge on any atom is -0.491 e. The van der Waals surface area contributed by atoms with E-state index in [9.17, 15) is 4.79 Å². The standard InChI is InChI=1S/C21H34BNO6/c1-19(2,3)27-18(24)23-16(13-25-8)14-26-17-11-9-15(10-12-17)22-28-20(4,5)21(6,7)29-22/h9-12,16H,13-14H2,1-8H3,(H,23,24)/t16-/m0/s1. The Morgan fingerprint density at radius 1 is 1.07 bits per heavy atom. The molecule has 1 amide bonds. The van der Waals surface area contributed by atoms with Gasteiger partial charge in [0.15, 0.2) is 0 Å². The van der Waals surface area contributed by atoms with E-state index < -0.39 is 18.8 Å². The fourth-order valence-electron chi connectivity index (χ4n) is 2.70. The topological polar surface area (TPSA) is 75.3 Å². The number of alkyl carbamates (subject to hydrolysis) is 1. The predicted octanol–water partition coefficient (Wildman–Crippen LogP) is 2.90. The van der Waals surface area contributed by atoms with Crippen molar-refractivity contribution in [1.82, 2.24) is 5.32 Å². The number of rotatable bonds is 7. The van der Waals surface area contributed by atoms with Gasteiger partial charge in [-0.1, -0.05) is 12.1 Å². The van der Waals surface area contributed by atoms with E-state index in [2.05, 4.69) is 5.32 Å². The number of nitrogens with one attached hydrogen (secondary N) is 1. The lowest BCUT2D eigenvalue weighted by molar-refractivity contribution is 0.00578. The van der Waals surface area contributed by atoms with Gasteiger partial charge in [0.25, 0.3) is 0 Å². The fraction of sp³-hybridized carbons (Fsp3) is 0.667. The molecule has 0 bridgehead atoms. The summed E-state index contributed by atoms with van der Waals surface area (Å²) < 4.78 is 28.4. The lowest BCUT2D eigenvalue weighted by Gasteiger charge is -2.32. The average molecular weight is 407 g/mol. The van der Waals surface area contributed by atoms with Gasteiger partial charge in [-0.25, -0.2) is 4.79 Å². The maximum atomic E-state index is 12.0. The SMILES string of the molecule is COC[C@@H](COc1ccc(B2OC(C)(C)C(C)(C)O2)cc1)NC(=O)OC(C)(C)C. The van der Waals surface area contributed by atoms with Crippen LogP contribution in [0.3, 0.4) is 0 Å². The maximum absolute atomic E-state index is 12.0. The molecule has 29 heavy (non-hydrogen) atoms. The van der Waals surface area contributed by atoms with Crippen molar-refractivity contribution in [3.63, 3.8) is 0 Å². The van der Waals surface area contributed by atoms with Crippen molar-refractivity contribution in [2.75, 3.05) is 20.3 Å². The lowest BCUT2D eigenvalue weighted by Crippen LogP contribution is -2.44. The summed E-state index contributed by atoms with van der Waals surface area (Å²) in [4.78, 5) is 12.0. The van der Waals surface area contributed by atoms with Crippen LogP contribution >= 0.6 is 0 Å². The first kappa shape index (κ1) is 23.5. The average Bonchev–Trinajstić information content (AvgIpc) is 2.79. The zero-order chi connectivity index (χ0) is 21.9. The minimum atomic E-state index is -0.564. The lowest BCUT2D eigenvalue weighted by atomic mass is 9.79. The summed E-state index contributed by atoms with van der Waals surface area (Å²) in [7, 11) is 1.16. The summed E-state index contributed by atoms with van der Waals surface area (Å²) in [6.45, 7) is 14.1. The Kier molecular flexibility index (Phi) is 7.25. The molecule has 1 fully saturated rings. The van der Waals surface area contributed by atoms with Crippen LogP contribution in [0.15, 0.2) is 24.3 Å². The Balaban J connectivity index is 1.92. The fourth-order valence-corrected chi connectivity index (χ4v) is 2.70. The Labute approximate surface area is 174 Å². The molecule has 0 aliphatic carbocycles. The third-order valence-corrected chi connectivity index (χ3v) is 4.95. The number of carbonyl (C=O) groups is 1. The van der Waals surface area contributed by atoms with Crippen molar-refractivity contribution in [3.05, 3.63) is 24.3 Å². The van der Waals surface area contributed by atoms with E-state index in [0.29, 0.717) is 12.4 Å². The maximum Gasteiger partial charge on any atom is 0.494 e. The first-order valence-corrected chi connectivity index (χ1v) is 9.90. The van der Waals surface area contributed by atoms with Crippen molar-refractivity contribution >= 4 is 18.7 Å². The molecule has 1 N–H and O–H groups in total. The monoisotopic (exact) mass is 407 g/mol. The zero-order valence-corrected chi connectivity index (χ0v) is 18.8. The molecular weight excluding hydrogens is 373 g/mol. The number of hydrogen-bond donors (Lipinski definition) is 1. The van der Waals surface area contributed by atoms with Gasteiger partial charge >= 0.3 is 13.2 Å². The van der Waals surface area contributed by atoms with Crippen LogP contribution in [0.25, 0.3) is 0 Å². The van der Waals surface area contributed by atoms with E-state index in [1.165, 1.54) is 0 Å². The van der Waals surface area contributed by atoms with Gasteiger partial charge in [0.2, 0.25) is 0 Å². The van der Waals surface area contributed by atoms with E-state index in [0.717, 1.165) is 5.46 Å². The highest BCUT2D eigenvalue weighted by Crippen LogP contribution is 2.36. The van der Waals surface area contributed by atoms with Crippen LogP contribution in [0.5, 0.6) is 5.75 Å². The second-order valence-corrected chi connectivity index (χ2v) is 9.27. The van der Waals surface area contributed by atoms with E-state index in [1.54, 1.807) is 7.11 Å². The molecule has 7 nitrogen and oxygen atoms in total. The number of ether oxygens (including phenoxy) is 3. The molecule has 0 aromatic heterocycles. The third kappa shape index (κ3) is 6.62. The van der Waals surface area contributed by atoms with Gasteiger partial charge in [-0.3, -0.25) is 0 Å². The van der Waals surface area contributed by atoms with Crippen LogP contribution in [0.1, 0.15) is 48.5 Å². The van der Waals surface area contributed by atoms with Crippen molar-refractivity contribution in [1.29, 1.82) is 0 Å². The molecule has 0 spiro atoms. The van der Waals surface area contributed by atoms with Crippen LogP contribution in [-0.2, 0) is 18.8 Å². The molecule has 0 unspecified atom stereocenters. The van der Waals surface area contributed by atoms with E-state index in [1.807, 2.05) is 72.7 Å². The summed E-state index contributed by atoms with van der Waals surface area (Å²) in [5.74, 6) is 0.678. The summed E-state index contributed by atoms with van der Waals surface area (Å²) in [5.41, 5.74) is -0.399. The quantitative estimate of drug-likeness (QED) is 0.701. The van der Waals surface area contributed by atoms with Crippen molar-refractivity contribution in [3.8, 4) is 5.75 Å². The highest BCUT2D eigenvalue weighted by atomic mass is 16.7. The molecular formula is C21H34BNO6. The van der Waals surface area contributed by atoms with Gasteiger partial charge in [0.05, 0.1) is 23.9 Å². The molecule has 1 atom stereocenters. The molecule has 8 heteroatoms. The number of benzene rings is 1. The Morgan fingerprint density at radius 3 is 2.10 bits per heavy atom. The number of methoxy groups -OCH3 is 1. The number of carbonyl (C=O) groups excluding carboxylic acids is 1. The second kappa shape index (κ2) is 8.94. The molecule has 1 aromatic carbocycles. The van der Waals surface area contributed by atoms with Crippen molar-refractivity contribution in [2.45, 2.75) is 71.3 Å². The van der Waals surface area contributed by atoms with Crippen molar-refractivity contribution < 1.29 is 28.3 Å². The van der Waals surface area contributed by atoms with Crippen LogP contribution in [0.4, 0.5) is 4.79 Å². The number of amides is 1. The van der Waals surface area contributed by atoms with Gasteiger partial charge < -0.3 is 28.8 Å². The van der Waals surface area contributed by atoms with Gasteiger partial charge in [-0.15, -0.1) is 0 Å². The second-order valence-electron chi connectivity index (χ2n) is 9.27. The smallest absolute Gasteiger partial charge is 0.491 e. The molecule has 0 saturated carbocycles. The zero-order valence-electron chi connectivity index (χ0n) is 18.8. The first-order valence-electron chi connectivity index (χ1n) is 9.90. The molecule has 1 aliphatic heterocycles. The van der Waals surface area contributed by atoms with Crippen LogP contribution in [-0.4, -0.2) is 56.4 Å². The summed E-state index contributed by atoms with van der Waals surface area (Å²) in [6, 6.07) is 7.22. The summed E-state index contributed by atoms with van der Waals surface area (Å²) in [6.07, 6.45) is -0.501. The Morgan fingerprint density at radius 2 is 1.62 bits per heavy atom. The molecule has 1 saturated heterocycles. The molecule has 2 rings (SSSR count). The normalized spacial score (nSPS) is 19.0. The van der Waals surface area contributed by atoms with Gasteiger partial charge in [0.1, 0.15) is 18.0 Å². The largest absolute Gasteiger partial charge is 0.494 e. The molecule has 0 radical (unpaired) electrons.